The summed E-state index contributed by atoms with van der Waals surface area (Å²) in [7, 11) is 0. The van der Waals surface area contributed by atoms with E-state index in [0.29, 0.717) is 9.34 Å². The Morgan fingerprint density at radius 1 is 1.50 bits per heavy atom. The first kappa shape index (κ1) is 9.40. The van der Waals surface area contributed by atoms with E-state index in [0.717, 1.165) is 0 Å². The molecule has 7 heteroatoms. The van der Waals surface area contributed by atoms with Gasteiger partial charge in [0.25, 0.3) is 0 Å². The van der Waals surface area contributed by atoms with Crippen molar-refractivity contribution in [3.8, 4) is 5.88 Å². The van der Waals surface area contributed by atoms with Crippen molar-refractivity contribution in [2.24, 2.45) is 5.73 Å². The number of halogens is 2. The van der Waals surface area contributed by atoms with Crippen LogP contribution in [-0.2, 0) is 0 Å². The topological polar surface area (TPSA) is 78.1 Å². The molecule has 1 aromatic rings. The van der Waals surface area contributed by atoms with Crippen molar-refractivity contribution in [2.75, 3.05) is 0 Å². The summed E-state index contributed by atoms with van der Waals surface area (Å²) in [6.07, 6.45) is -0.910. The molecular formula is C5H3Br2N3O2. The lowest BCUT2D eigenvalue weighted by Gasteiger charge is -1.99. The summed E-state index contributed by atoms with van der Waals surface area (Å²) in [6.45, 7) is 0. The van der Waals surface area contributed by atoms with Crippen molar-refractivity contribution in [1.82, 2.24) is 9.97 Å². The maximum absolute atomic E-state index is 10.3. The Morgan fingerprint density at radius 2 is 2.17 bits per heavy atom. The van der Waals surface area contributed by atoms with Crippen LogP contribution in [0.25, 0.3) is 0 Å². The van der Waals surface area contributed by atoms with E-state index in [9.17, 15) is 4.79 Å². The third-order valence-corrected chi connectivity index (χ3v) is 1.61. The van der Waals surface area contributed by atoms with Crippen LogP contribution in [0.4, 0.5) is 4.79 Å². The van der Waals surface area contributed by atoms with E-state index in [1.807, 2.05) is 0 Å². The van der Waals surface area contributed by atoms with Gasteiger partial charge in [0.1, 0.15) is 4.60 Å². The molecule has 0 bridgehead atoms. The Bertz CT molecular complexity index is 297. The highest BCUT2D eigenvalue weighted by Gasteiger charge is 2.03. The van der Waals surface area contributed by atoms with Crippen molar-refractivity contribution < 1.29 is 9.53 Å². The van der Waals surface area contributed by atoms with Gasteiger partial charge in [0, 0.05) is 6.07 Å². The molecule has 0 saturated carbocycles. The van der Waals surface area contributed by atoms with Crippen molar-refractivity contribution in [3.63, 3.8) is 0 Å². The predicted octanol–water partition coefficient (Wildman–Crippen LogP) is 1.46. The van der Waals surface area contributed by atoms with Gasteiger partial charge in [-0.25, -0.2) is 9.78 Å². The lowest BCUT2D eigenvalue weighted by Crippen LogP contribution is -2.17. The van der Waals surface area contributed by atoms with Crippen molar-refractivity contribution in [2.45, 2.75) is 0 Å². The van der Waals surface area contributed by atoms with Crippen molar-refractivity contribution in [3.05, 3.63) is 15.4 Å². The van der Waals surface area contributed by atoms with Crippen LogP contribution in [0.15, 0.2) is 15.4 Å². The lowest BCUT2D eigenvalue weighted by atomic mass is 10.6. The molecule has 0 fully saturated rings. The summed E-state index contributed by atoms with van der Waals surface area (Å²) >= 11 is 6.11. The molecule has 1 rings (SSSR count). The minimum atomic E-state index is -0.910. The Labute approximate surface area is 84.6 Å². The third-order valence-electron chi connectivity index (χ3n) is 0.849. The summed E-state index contributed by atoms with van der Waals surface area (Å²) in [6, 6.07) is 1.43. The predicted molar refractivity (Wildman–Crippen MR) is 47.6 cm³/mol. The summed E-state index contributed by atoms with van der Waals surface area (Å²) in [5, 5.41) is 0. The molecule has 1 aromatic heterocycles. The number of primary amides is 1. The van der Waals surface area contributed by atoms with Crippen LogP contribution in [0.2, 0.25) is 0 Å². The number of hydrogen-bond acceptors (Lipinski definition) is 4. The molecule has 0 spiro atoms. The number of carbonyl (C=O) groups excluding carboxylic acids is 1. The number of nitrogens with zero attached hydrogens (tertiary/aromatic N) is 2. The number of nitrogens with two attached hydrogens (primary N) is 1. The molecule has 64 valence electrons. The number of rotatable bonds is 1. The van der Waals surface area contributed by atoms with Gasteiger partial charge in [0.2, 0.25) is 10.6 Å². The van der Waals surface area contributed by atoms with Crippen LogP contribution >= 0.6 is 31.9 Å². The molecule has 0 aliphatic carbocycles. The highest BCUT2D eigenvalue weighted by molar-refractivity contribution is 9.11. The Balaban J connectivity index is 2.93. The SMILES string of the molecule is NC(=O)Oc1cc(Br)nc(Br)n1. The molecule has 0 atom stereocenters. The molecule has 0 saturated heterocycles. The van der Waals surface area contributed by atoms with E-state index in [1.165, 1.54) is 6.07 Å². The first-order chi connectivity index (χ1) is 5.58. The largest absolute Gasteiger partial charge is 0.411 e. The minimum Gasteiger partial charge on any atom is -0.391 e. The first-order valence-corrected chi connectivity index (χ1v) is 4.34. The molecule has 2 N–H and O–H groups in total. The second-order valence-corrected chi connectivity index (χ2v) is 3.24. The molecule has 5 nitrogen and oxygen atoms in total. The number of ether oxygens (including phenoxy) is 1. The third kappa shape index (κ3) is 2.74. The summed E-state index contributed by atoms with van der Waals surface area (Å²) in [5.74, 6) is 0.0938. The number of aromatic nitrogens is 2. The van der Waals surface area contributed by atoms with Crippen LogP contribution in [0.1, 0.15) is 0 Å². The Hall–Kier alpha value is -0.690. The summed E-state index contributed by atoms with van der Waals surface area (Å²) in [4.78, 5) is 17.9. The maximum atomic E-state index is 10.3. The summed E-state index contributed by atoms with van der Waals surface area (Å²) < 4.78 is 5.32. The second-order valence-electron chi connectivity index (χ2n) is 1.72. The molecule has 0 unspecified atom stereocenters. The Morgan fingerprint density at radius 3 is 2.67 bits per heavy atom. The molecule has 12 heavy (non-hydrogen) atoms. The first-order valence-electron chi connectivity index (χ1n) is 2.75. The molecule has 1 amide bonds. The zero-order valence-electron chi connectivity index (χ0n) is 5.62. The zero-order valence-corrected chi connectivity index (χ0v) is 8.79. The number of amides is 1. The fourth-order valence-corrected chi connectivity index (χ4v) is 1.49. The normalized spacial score (nSPS) is 9.50. The molecule has 0 aromatic carbocycles. The van der Waals surface area contributed by atoms with Gasteiger partial charge in [0.05, 0.1) is 0 Å². The smallest absolute Gasteiger partial charge is 0.391 e. The number of carbonyl (C=O) groups is 1. The zero-order chi connectivity index (χ0) is 9.14. The van der Waals surface area contributed by atoms with Crippen LogP contribution in [0.3, 0.4) is 0 Å². The van der Waals surface area contributed by atoms with Crippen LogP contribution in [0.5, 0.6) is 5.88 Å². The highest BCUT2D eigenvalue weighted by Crippen LogP contribution is 2.16. The fourth-order valence-electron chi connectivity index (χ4n) is 0.526. The fraction of sp³-hybridized carbons (Fsp3) is 0. The van der Waals surface area contributed by atoms with E-state index in [2.05, 4.69) is 46.6 Å². The van der Waals surface area contributed by atoms with Gasteiger partial charge >= 0.3 is 6.09 Å². The van der Waals surface area contributed by atoms with Gasteiger partial charge in [-0.05, 0) is 31.9 Å². The Kier molecular flexibility index (Phi) is 2.99. The molecule has 0 aliphatic heterocycles. The average molecular weight is 297 g/mol. The van der Waals surface area contributed by atoms with Gasteiger partial charge in [-0.1, -0.05) is 0 Å². The van der Waals surface area contributed by atoms with Crippen LogP contribution in [0, 0.1) is 0 Å². The van der Waals surface area contributed by atoms with E-state index in [4.69, 9.17) is 5.73 Å². The van der Waals surface area contributed by atoms with E-state index >= 15 is 0 Å². The van der Waals surface area contributed by atoms with E-state index in [1.54, 1.807) is 0 Å². The van der Waals surface area contributed by atoms with Gasteiger partial charge in [0.15, 0.2) is 0 Å². The molecule has 0 radical (unpaired) electrons. The molecule has 0 aliphatic rings. The minimum absolute atomic E-state index is 0.0938. The van der Waals surface area contributed by atoms with E-state index < -0.39 is 6.09 Å². The van der Waals surface area contributed by atoms with Crippen LogP contribution in [-0.4, -0.2) is 16.1 Å². The van der Waals surface area contributed by atoms with Gasteiger partial charge in [-0.3, -0.25) is 0 Å². The van der Waals surface area contributed by atoms with Crippen molar-refractivity contribution >= 4 is 38.0 Å². The summed E-state index contributed by atoms with van der Waals surface area (Å²) in [5.41, 5.74) is 4.77. The monoisotopic (exact) mass is 295 g/mol. The standard InChI is InChI=1S/C5H3Br2N3O2/c6-2-1-3(12-5(8)11)10-4(7)9-2/h1H,(H2,8,11). The average Bonchev–Trinajstić information content (AvgIpc) is 1.81. The number of hydrogen-bond donors (Lipinski definition) is 1. The second kappa shape index (κ2) is 3.81. The maximum Gasteiger partial charge on any atom is 0.411 e. The molecule has 1 heterocycles. The van der Waals surface area contributed by atoms with Gasteiger partial charge in [-0.15, -0.1) is 0 Å². The quantitative estimate of drug-likeness (QED) is 0.628. The lowest BCUT2D eigenvalue weighted by molar-refractivity contribution is 0.209. The van der Waals surface area contributed by atoms with E-state index in [-0.39, 0.29) is 5.88 Å². The van der Waals surface area contributed by atoms with Gasteiger partial charge in [-0.2, -0.15) is 4.98 Å². The highest BCUT2D eigenvalue weighted by atomic mass is 79.9. The van der Waals surface area contributed by atoms with Crippen LogP contribution < -0.4 is 10.5 Å². The van der Waals surface area contributed by atoms with Crippen molar-refractivity contribution in [1.29, 1.82) is 0 Å². The molecular weight excluding hydrogens is 294 g/mol. The van der Waals surface area contributed by atoms with Gasteiger partial charge < -0.3 is 10.5 Å².